The van der Waals surface area contributed by atoms with Gasteiger partial charge in [0.05, 0.1) is 10.3 Å². The van der Waals surface area contributed by atoms with E-state index in [4.69, 9.17) is 0 Å². The average molecular weight is 334 g/mol. The number of carbonyl (C=O) groups excluding carboxylic acids is 2. The van der Waals surface area contributed by atoms with E-state index in [0.29, 0.717) is 43.3 Å². The van der Waals surface area contributed by atoms with Crippen molar-refractivity contribution in [3.63, 3.8) is 0 Å². The number of ketones is 2. The van der Waals surface area contributed by atoms with Crippen molar-refractivity contribution in [1.82, 2.24) is 0 Å². The van der Waals surface area contributed by atoms with Crippen LogP contribution in [0, 0.1) is 17.3 Å². The molecule has 0 aromatic carbocycles. The largest absolute Gasteiger partial charge is 0.388 e. The molecule has 4 aliphatic carbocycles. The molecule has 0 heterocycles. The number of carbonyl (C=O) groups is 2. The maximum Gasteiger partial charge on any atom is 0.139 e. The molecule has 126 valence electrons. The lowest BCUT2D eigenvalue weighted by molar-refractivity contribution is -0.133. The zero-order chi connectivity index (χ0) is 16.5. The van der Waals surface area contributed by atoms with Crippen LogP contribution in [0.4, 0.5) is 0 Å². The quantitative estimate of drug-likeness (QED) is 0.748. The smallest absolute Gasteiger partial charge is 0.139 e. The van der Waals surface area contributed by atoms with E-state index < -0.39 is 5.60 Å². The third kappa shape index (κ3) is 1.88. The first kappa shape index (κ1) is 15.9. The van der Waals surface area contributed by atoms with Gasteiger partial charge in [0.25, 0.3) is 0 Å². The second kappa shape index (κ2) is 4.95. The van der Waals surface area contributed by atoms with Gasteiger partial charge in [0, 0.05) is 24.7 Å². The van der Waals surface area contributed by atoms with Gasteiger partial charge in [-0.25, -0.2) is 0 Å². The van der Waals surface area contributed by atoms with Gasteiger partial charge in [-0.1, -0.05) is 18.6 Å². The van der Waals surface area contributed by atoms with Crippen LogP contribution in [0.15, 0.2) is 11.6 Å². The van der Waals surface area contributed by atoms with E-state index in [2.05, 4.69) is 19.3 Å². The summed E-state index contributed by atoms with van der Waals surface area (Å²) in [6, 6.07) is 0. The Morgan fingerprint density at radius 1 is 1.22 bits per heavy atom. The van der Waals surface area contributed by atoms with Gasteiger partial charge in [0.1, 0.15) is 11.6 Å². The van der Waals surface area contributed by atoms with Crippen LogP contribution >= 0.6 is 11.8 Å². The van der Waals surface area contributed by atoms with Crippen LogP contribution in [0.5, 0.6) is 0 Å². The van der Waals surface area contributed by atoms with E-state index in [-0.39, 0.29) is 15.9 Å². The molecular formula is C19H26O3S. The van der Waals surface area contributed by atoms with E-state index in [9.17, 15) is 14.7 Å². The summed E-state index contributed by atoms with van der Waals surface area (Å²) in [5.74, 6) is 1.48. The topological polar surface area (TPSA) is 54.4 Å². The number of aliphatic hydroxyl groups is 1. The highest BCUT2D eigenvalue weighted by molar-refractivity contribution is 8.00. The Hall–Kier alpha value is -0.610. The summed E-state index contributed by atoms with van der Waals surface area (Å²) in [7, 11) is 0. The summed E-state index contributed by atoms with van der Waals surface area (Å²) in [4.78, 5) is 24.4. The van der Waals surface area contributed by atoms with E-state index in [1.54, 1.807) is 11.8 Å². The molecule has 4 rings (SSSR count). The number of Topliss-reactive ketones (excluding diaryl/α,β-unsaturated/α-hetero) is 2. The summed E-state index contributed by atoms with van der Waals surface area (Å²) in [6.45, 7) is 2.15. The second-order valence-electron chi connectivity index (χ2n) is 8.27. The molecule has 3 nitrogen and oxygen atoms in total. The van der Waals surface area contributed by atoms with Crippen molar-refractivity contribution in [2.75, 3.05) is 6.26 Å². The Bertz CT molecular complexity index is 612. The normalized spacial score (nSPS) is 49.3. The predicted octanol–water partition coefficient (Wildman–Crippen LogP) is 3.30. The molecule has 4 aliphatic rings. The van der Waals surface area contributed by atoms with Crippen molar-refractivity contribution in [3.8, 4) is 0 Å². The van der Waals surface area contributed by atoms with Gasteiger partial charge in [0.15, 0.2) is 0 Å². The minimum atomic E-state index is -0.888. The monoisotopic (exact) mass is 334 g/mol. The molecular weight excluding hydrogens is 308 g/mol. The molecule has 3 saturated carbocycles. The Morgan fingerprint density at radius 3 is 2.74 bits per heavy atom. The van der Waals surface area contributed by atoms with Gasteiger partial charge in [-0.05, 0) is 50.2 Å². The maximum absolute atomic E-state index is 12.4. The minimum Gasteiger partial charge on any atom is -0.388 e. The minimum absolute atomic E-state index is 0.187. The third-order valence-electron chi connectivity index (χ3n) is 7.45. The molecule has 5 atom stereocenters. The van der Waals surface area contributed by atoms with E-state index >= 15 is 0 Å². The lowest BCUT2D eigenvalue weighted by atomic mass is 9.53. The molecule has 0 aromatic rings. The fourth-order valence-electron chi connectivity index (χ4n) is 6.13. The van der Waals surface area contributed by atoms with Gasteiger partial charge in [-0.2, -0.15) is 11.8 Å². The zero-order valence-electron chi connectivity index (χ0n) is 14.1. The van der Waals surface area contributed by atoms with Crippen LogP contribution in [0.25, 0.3) is 0 Å². The van der Waals surface area contributed by atoms with Crippen molar-refractivity contribution in [2.24, 2.45) is 17.3 Å². The molecule has 0 amide bonds. The number of hydrogen-bond acceptors (Lipinski definition) is 4. The lowest BCUT2D eigenvalue weighted by Crippen LogP contribution is -2.62. The van der Waals surface area contributed by atoms with Crippen molar-refractivity contribution < 1.29 is 14.7 Å². The van der Waals surface area contributed by atoms with E-state index in [1.165, 1.54) is 5.57 Å². The number of allylic oxidation sites excluding steroid dienone is 1. The van der Waals surface area contributed by atoms with E-state index in [0.717, 1.165) is 25.7 Å². The van der Waals surface area contributed by atoms with Crippen molar-refractivity contribution >= 4 is 23.3 Å². The summed E-state index contributed by atoms with van der Waals surface area (Å²) < 4.78 is -0.309. The van der Waals surface area contributed by atoms with Crippen LogP contribution < -0.4 is 0 Å². The molecule has 1 N–H and O–H groups in total. The first-order chi connectivity index (χ1) is 10.9. The molecule has 0 spiro atoms. The van der Waals surface area contributed by atoms with Gasteiger partial charge in [-0.15, -0.1) is 0 Å². The van der Waals surface area contributed by atoms with Crippen LogP contribution in [0.2, 0.25) is 0 Å². The fraction of sp³-hybridized carbons (Fsp3) is 0.789. The van der Waals surface area contributed by atoms with Crippen LogP contribution in [0.3, 0.4) is 0 Å². The molecule has 0 aromatic heterocycles. The van der Waals surface area contributed by atoms with Crippen LogP contribution in [-0.2, 0) is 9.59 Å². The van der Waals surface area contributed by atoms with Crippen molar-refractivity contribution in [1.29, 1.82) is 0 Å². The molecule has 23 heavy (non-hydrogen) atoms. The first-order valence-electron chi connectivity index (χ1n) is 8.89. The number of hydrogen-bond donors (Lipinski definition) is 1. The number of rotatable bonds is 1. The summed E-state index contributed by atoms with van der Waals surface area (Å²) in [6.07, 6.45) is 10.1. The SMILES string of the molecule is CS[C@]12CCC(=O)C[C@]1(O)CC[C@@H]1C2=CC[C@]2(C)C(=O)CC[C@@H]12. The predicted molar refractivity (Wildman–Crippen MR) is 91.3 cm³/mol. The van der Waals surface area contributed by atoms with Crippen molar-refractivity contribution in [3.05, 3.63) is 11.6 Å². The summed E-state index contributed by atoms with van der Waals surface area (Å²) >= 11 is 1.74. The van der Waals surface area contributed by atoms with E-state index in [1.807, 2.05) is 0 Å². The molecule has 0 bridgehead atoms. The maximum atomic E-state index is 12.4. The van der Waals surface area contributed by atoms with Crippen molar-refractivity contribution in [2.45, 2.75) is 68.6 Å². The summed E-state index contributed by atoms with van der Waals surface area (Å²) in [5, 5.41) is 11.4. The first-order valence-corrected chi connectivity index (χ1v) is 10.1. The molecule has 0 aliphatic heterocycles. The van der Waals surface area contributed by atoms with Gasteiger partial charge in [-0.3, -0.25) is 9.59 Å². The van der Waals surface area contributed by atoms with Crippen LogP contribution in [0.1, 0.15) is 58.3 Å². The highest BCUT2D eigenvalue weighted by Gasteiger charge is 2.63. The summed E-state index contributed by atoms with van der Waals surface area (Å²) in [5.41, 5.74) is 0.289. The highest BCUT2D eigenvalue weighted by Crippen LogP contribution is 2.64. The molecule has 0 saturated heterocycles. The Kier molecular flexibility index (Phi) is 3.42. The fourth-order valence-corrected chi connectivity index (χ4v) is 7.46. The van der Waals surface area contributed by atoms with Gasteiger partial charge < -0.3 is 5.11 Å². The number of fused-ring (bicyclic) bond motifs is 5. The molecule has 3 fully saturated rings. The second-order valence-corrected chi connectivity index (χ2v) is 9.38. The Labute approximate surface area is 142 Å². The third-order valence-corrected chi connectivity index (χ3v) is 8.97. The Balaban J connectivity index is 1.80. The molecule has 4 heteroatoms. The Morgan fingerprint density at radius 2 is 2.00 bits per heavy atom. The zero-order valence-corrected chi connectivity index (χ0v) is 14.9. The number of thioether (sulfide) groups is 1. The van der Waals surface area contributed by atoms with Gasteiger partial charge >= 0.3 is 0 Å². The van der Waals surface area contributed by atoms with Crippen LogP contribution in [-0.4, -0.2) is 33.3 Å². The highest BCUT2D eigenvalue weighted by atomic mass is 32.2. The molecule has 0 radical (unpaired) electrons. The standard InChI is InChI=1S/C19H26O3S/c1-17-8-7-15-13(14(17)3-4-16(17)21)6-9-18(22)11-12(20)5-10-19(15,18)23-2/h7,13-14,22H,3-6,8-11H2,1-2H3/t13-,14-,17-,18+,19-/m0/s1. The molecule has 0 unspecified atom stereocenters. The lowest BCUT2D eigenvalue weighted by Gasteiger charge is -2.59. The van der Waals surface area contributed by atoms with Gasteiger partial charge in [0.2, 0.25) is 0 Å². The average Bonchev–Trinajstić information content (AvgIpc) is 2.82.